The van der Waals surface area contributed by atoms with Crippen molar-refractivity contribution in [3.8, 4) is 0 Å². The van der Waals surface area contributed by atoms with E-state index < -0.39 is 0 Å². The van der Waals surface area contributed by atoms with Crippen molar-refractivity contribution in [2.75, 3.05) is 26.0 Å². The first kappa shape index (κ1) is 20.6. The quantitative estimate of drug-likeness (QED) is 0.817. The van der Waals surface area contributed by atoms with E-state index in [0.717, 1.165) is 11.3 Å². The molecule has 0 aliphatic rings. The van der Waals surface area contributed by atoms with Crippen LogP contribution in [0.5, 0.6) is 0 Å². The third-order valence-corrected chi connectivity index (χ3v) is 4.79. The largest absolute Gasteiger partial charge is 0.335 e. The Balaban J connectivity index is 1.89. The van der Waals surface area contributed by atoms with Crippen LogP contribution in [0.3, 0.4) is 0 Å². The number of hydrogen-bond acceptors (Lipinski definition) is 3. The highest BCUT2D eigenvalue weighted by molar-refractivity contribution is 5.95. The third kappa shape index (κ3) is 5.93. The van der Waals surface area contributed by atoms with Crippen LogP contribution < -0.4 is 5.32 Å². The van der Waals surface area contributed by atoms with Gasteiger partial charge >= 0.3 is 0 Å². The highest BCUT2D eigenvalue weighted by atomic mass is 16.2. The maximum atomic E-state index is 12.7. The zero-order chi connectivity index (χ0) is 20.0. The molecule has 0 aliphatic carbocycles. The van der Waals surface area contributed by atoms with E-state index >= 15 is 0 Å². The number of benzene rings is 2. The summed E-state index contributed by atoms with van der Waals surface area (Å²) in [5.41, 5.74) is 4.26. The van der Waals surface area contributed by atoms with Crippen LogP contribution in [0.2, 0.25) is 0 Å². The maximum absolute atomic E-state index is 12.7. The zero-order valence-electron chi connectivity index (χ0n) is 16.8. The average Bonchev–Trinajstić information content (AvgIpc) is 2.64. The van der Waals surface area contributed by atoms with E-state index in [9.17, 15) is 9.59 Å². The predicted octanol–water partition coefficient (Wildman–Crippen LogP) is 3.22. The van der Waals surface area contributed by atoms with Crippen LogP contribution in [0, 0.1) is 13.8 Å². The van der Waals surface area contributed by atoms with Crippen LogP contribution in [-0.4, -0.2) is 48.3 Å². The Bertz CT molecular complexity index is 786. The van der Waals surface area contributed by atoms with E-state index in [0.29, 0.717) is 6.54 Å². The lowest BCUT2D eigenvalue weighted by Crippen LogP contribution is -2.46. The van der Waals surface area contributed by atoms with Gasteiger partial charge in [0.25, 0.3) is 0 Å². The Hall–Kier alpha value is -2.66. The summed E-state index contributed by atoms with van der Waals surface area (Å²) in [5, 5.41) is 2.82. The number of anilines is 1. The van der Waals surface area contributed by atoms with Crippen molar-refractivity contribution < 1.29 is 9.59 Å². The standard InChI is InChI=1S/C22H29N3O2/c1-16-10-12-20(13-11-16)23-21(26)15-25(5)22(27)18(3)24(4)14-19-9-7-6-8-17(19)2/h6-13,18H,14-15H2,1-5H3,(H,23,26)/t18-/m1/s1. The fourth-order valence-electron chi connectivity index (χ4n) is 2.83. The summed E-state index contributed by atoms with van der Waals surface area (Å²) in [7, 11) is 3.59. The monoisotopic (exact) mass is 367 g/mol. The number of nitrogens with one attached hydrogen (secondary N) is 1. The van der Waals surface area contributed by atoms with Crippen LogP contribution in [0.25, 0.3) is 0 Å². The molecule has 1 N–H and O–H groups in total. The van der Waals surface area contributed by atoms with Crippen LogP contribution in [-0.2, 0) is 16.1 Å². The second kappa shape index (κ2) is 9.33. The van der Waals surface area contributed by atoms with Crippen molar-refractivity contribution in [1.29, 1.82) is 0 Å². The Morgan fingerprint density at radius 2 is 1.63 bits per heavy atom. The van der Waals surface area contributed by atoms with Gasteiger partial charge in [-0.3, -0.25) is 14.5 Å². The molecule has 0 aliphatic heterocycles. The molecule has 0 bridgehead atoms. The summed E-state index contributed by atoms with van der Waals surface area (Å²) >= 11 is 0. The van der Waals surface area contributed by atoms with Gasteiger partial charge in [0.2, 0.25) is 11.8 Å². The van der Waals surface area contributed by atoms with Crippen molar-refractivity contribution in [1.82, 2.24) is 9.80 Å². The topological polar surface area (TPSA) is 52.7 Å². The molecular weight excluding hydrogens is 338 g/mol. The first-order chi connectivity index (χ1) is 12.8. The van der Waals surface area contributed by atoms with Crippen LogP contribution in [0.1, 0.15) is 23.6 Å². The smallest absolute Gasteiger partial charge is 0.243 e. The van der Waals surface area contributed by atoms with Gasteiger partial charge in [-0.25, -0.2) is 0 Å². The van der Waals surface area contributed by atoms with E-state index in [4.69, 9.17) is 0 Å². The van der Waals surface area contributed by atoms with Crippen molar-refractivity contribution >= 4 is 17.5 Å². The fraction of sp³-hybridized carbons (Fsp3) is 0.364. The van der Waals surface area contributed by atoms with Gasteiger partial charge in [-0.1, -0.05) is 42.0 Å². The van der Waals surface area contributed by atoms with Gasteiger partial charge in [-0.15, -0.1) is 0 Å². The van der Waals surface area contributed by atoms with Crippen LogP contribution >= 0.6 is 0 Å². The highest BCUT2D eigenvalue weighted by Crippen LogP contribution is 2.13. The van der Waals surface area contributed by atoms with Gasteiger partial charge in [0.05, 0.1) is 12.6 Å². The molecule has 5 heteroatoms. The second-order valence-corrected chi connectivity index (χ2v) is 7.13. The van der Waals surface area contributed by atoms with E-state index in [1.54, 1.807) is 7.05 Å². The second-order valence-electron chi connectivity index (χ2n) is 7.13. The third-order valence-electron chi connectivity index (χ3n) is 4.79. The number of likely N-dealkylation sites (N-methyl/N-ethyl adjacent to an activating group) is 2. The first-order valence-electron chi connectivity index (χ1n) is 9.14. The van der Waals surface area contributed by atoms with Gasteiger partial charge in [0, 0.05) is 19.3 Å². The summed E-state index contributed by atoms with van der Waals surface area (Å²) in [5.74, 6) is -0.284. The maximum Gasteiger partial charge on any atom is 0.243 e. The van der Waals surface area contributed by atoms with E-state index in [2.05, 4.69) is 24.4 Å². The van der Waals surface area contributed by atoms with Gasteiger partial charge in [0.1, 0.15) is 0 Å². The number of rotatable bonds is 7. The van der Waals surface area contributed by atoms with Crippen LogP contribution in [0.15, 0.2) is 48.5 Å². The van der Waals surface area contributed by atoms with Crippen LogP contribution in [0.4, 0.5) is 5.69 Å². The molecule has 144 valence electrons. The number of amides is 2. The number of carbonyl (C=O) groups is 2. The van der Waals surface area contributed by atoms with Crippen molar-refractivity contribution in [2.45, 2.75) is 33.4 Å². The van der Waals surface area contributed by atoms with Crippen molar-refractivity contribution in [3.63, 3.8) is 0 Å². The first-order valence-corrected chi connectivity index (χ1v) is 9.14. The zero-order valence-corrected chi connectivity index (χ0v) is 16.8. The van der Waals surface area contributed by atoms with Crippen molar-refractivity contribution in [2.24, 2.45) is 0 Å². The number of nitrogens with zero attached hydrogens (tertiary/aromatic N) is 2. The molecule has 2 aromatic rings. The minimum absolute atomic E-state index is 0.0231. The molecule has 0 fully saturated rings. The Morgan fingerprint density at radius 3 is 2.26 bits per heavy atom. The van der Waals surface area contributed by atoms with Crippen molar-refractivity contribution in [3.05, 3.63) is 65.2 Å². The number of carbonyl (C=O) groups excluding carboxylic acids is 2. The van der Waals surface area contributed by atoms with Gasteiger partial charge in [0.15, 0.2) is 0 Å². The molecule has 0 radical (unpaired) electrons. The lowest BCUT2D eigenvalue weighted by Gasteiger charge is -2.28. The number of aryl methyl sites for hydroxylation is 2. The lowest BCUT2D eigenvalue weighted by atomic mass is 10.1. The molecule has 0 saturated heterocycles. The van der Waals surface area contributed by atoms with E-state index in [1.807, 2.05) is 62.2 Å². The molecule has 27 heavy (non-hydrogen) atoms. The Labute approximate surface area is 162 Å². The molecule has 5 nitrogen and oxygen atoms in total. The predicted molar refractivity (Wildman–Crippen MR) is 110 cm³/mol. The van der Waals surface area contributed by atoms with Gasteiger partial charge in [-0.2, -0.15) is 0 Å². The Morgan fingerprint density at radius 1 is 1.00 bits per heavy atom. The summed E-state index contributed by atoms with van der Waals surface area (Å²) in [6, 6.07) is 15.4. The normalized spacial score (nSPS) is 11.9. The molecule has 2 amide bonds. The molecular formula is C22H29N3O2. The minimum atomic E-state index is -0.318. The summed E-state index contributed by atoms with van der Waals surface area (Å²) in [6.45, 7) is 6.64. The minimum Gasteiger partial charge on any atom is -0.335 e. The van der Waals surface area contributed by atoms with E-state index in [-0.39, 0.29) is 24.4 Å². The summed E-state index contributed by atoms with van der Waals surface area (Å²) < 4.78 is 0. The summed E-state index contributed by atoms with van der Waals surface area (Å²) in [4.78, 5) is 28.4. The fourth-order valence-corrected chi connectivity index (χ4v) is 2.83. The molecule has 0 heterocycles. The SMILES string of the molecule is Cc1ccc(NC(=O)CN(C)C(=O)[C@@H](C)N(C)Cc2ccccc2C)cc1. The molecule has 0 spiro atoms. The van der Waals surface area contributed by atoms with Gasteiger partial charge < -0.3 is 10.2 Å². The molecule has 1 atom stereocenters. The molecule has 0 saturated carbocycles. The number of hydrogen-bond donors (Lipinski definition) is 1. The highest BCUT2D eigenvalue weighted by Gasteiger charge is 2.23. The molecule has 0 aromatic heterocycles. The average molecular weight is 367 g/mol. The molecule has 2 aromatic carbocycles. The van der Waals surface area contributed by atoms with Gasteiger partial charge in [-0.05, 0) is 51.1 Å². The molecule has 2 rings (SSSR count). The lowest BCUT2D eigenvalue weighted by molar-refractivity contribution is -0.137. The molecule has 0 unspecified atom stereocenters. The van der Waals surface area contributed by atoms with E-state index in [1.165, 1.54) is 16.0 Å². The summed E-state index contributed by atoms with van der Waals surface area (Å²) in [6.07, 6.45) is 0. The Kier molecular flexibility index (Phi) is 7.13.